The van der Waals surface area contributed by atoms with E-state index in [1.165, 1.54) is 23.9 Å². The van der Waals surface area contributed by atoms with Crippen LogP contribution in [0.25, 0.3) is 0 Å². The van der Waals surface area contributed by atoms with Crippen LogP contribution in [0, 0.1) is 0 Å². The molecular weight excluding hydrogens is 428 g/mol. The van der Waals surface area contributed by atoms with Crippen molar-refractivity contribution in [3.63, 3.8) is 0 Å². The van der Waals surface area contributed by atoms with Crippen LogP contribution < -0.4 is 5.32 Å². The van der Waals surface area contributed by atoms with Crippen molar-refractivity contribution in [2.24, 2.45) is 0 Å². The van der Waals surface area contributed by atoms with Gasteiger partial charge in [-0.15, -0.1) is 11.8 Å². The van der Waals surface area contributed by atoms with Crippen LogP contribution in [0.2, 0.25) is 0 Å². The van der Waals surface area contributed by atoms with E-state index in [0.717, 1.165) is 4.90 Å². The van der Waals surface area contributed by atoms with Crippen molar-refractivity contribution < 1.29 is 29.4 Å². The fraction of sp³-hybridized carbons (Fsp3) is 0.250. The topological polar surface area (TPSA) is 124 Å². The van der Waals surface area contributed by atoms with E-state index in [1.54, 1.807) is 12.1 Å². The lowest BCUT2D eigenvalue weighted by Gasteiger charge is -2.48. The number of hydrogen-bond donors (Lipinski definition) is 3. The molecule has 1 saturated heterocycles. The molecule has 0 saturated carbocycles. The maximum atomic E-state index is 12.3. The van der Waals surface area contributed by atoms with E-state index >= 15 is 0 Å². The quantitative estimate of drug-likeness (QED) is 0.583. The van der Waals surface area contributed by atoms with Crippen molar-refractivity contribution in [2.75, 3.05) is 5.75 Å². The molecule has 8 nitrogen and oxygen atoms in total. The Labute approximate surface area is 160 Å². The van der Waals surface area contributed by atoms with Gasteiger partial charge in [-0.3, -0.25) is 14.5 Å². The standard InChI is InChI=1S/C16H13BrN2O6S/c17-9-6-26-14-11(13(21)19(14)12(9)16(24)25)18-10(20)5-7-3-1-2-4-8(7)15(22)23/h1-4,11,14H,5-6H2,(H,18,20)(H,22,23)(H,24,25)/t11?,14-/m1/s1. The Morgan fingerprint density at radius 1 is 1.23 bits per heavy atom. The van der Waals surface area contributed by atoms with Crippen LogP contribution in [0.5, 0.6) is 0 Å². The molecule has 1 fully saturated rings. The zero-order valence-electron chi connectivity index (χ0n) is 13.1. The molecule has 0 bridgehead atoms. The zero-order chi connectivity index (χ0) is 19.0. The Kier molecular flexibility index (Phi) is 5.05. The third-order valence-electron chi connectivity index (χ3n) is 4.04. The summed E-state index contributed by atoms with van der Waals surface area (Å²) in [6.07, 6.45) is -0.186. The number of carboxylic acid groups (broad SMARTS) is 2. The van der Waals surface area contributed by atoms with E-state index < -0.39 is 35.2 Å². The van der Waals surface area contributed by atoms with Gasteiger partial charge in [-0.1, -0.05) is 34.1 Å². The molecule has 136 valence electrons. The molecule has 2 atom stereocenters. The Bertz CT molecular complexity index is 855. The van der Waals surface area contributed by atoms with Gasteiger partial charge in [0.2, 0.25) is 5.91 Å². The number of β-lactam (4-membered cyclic amide) rings is 1. The van der Waals surface area contributed by atoms with Crippen LogP contribution in [0.4, 0.5) is 0 Å². The normalized spacial score (nSPS) is 21.7. The number of aromatic carboxylic acids is 1. The molecule has 3 rings (SSSR count). The molecule has 1 aromatic carbocycles. The smallest absolute Gasteiger partial charge is 0.353 e. The SMILES string of the molecule is O=C(Cc1ccccc1C(=O)O)NC1C(=O)N2C(C(=O)O)=C(Br)CS[C@H]12. The Balaban J connectivity index is 1.70. The summed E-state index contributed by atoms with van der Waals surface area (Å²) < 4.78 is 0.416. The minimum atomic E-state index is -1.21. The molecule has 0 radical (unpaired) electrons. The summed E-state index contributed by atoms with van der Waals surface area (Å²) in [5.74, 6) is -2.97. The van der Waals surface area contributed by atoms with Crippen molar-refractivity contribution >= 4 is 51.4 Å². The molecule has 26 heavy (non-hydrogen) atoms. The molecular formula is C16H13BrN2O6S. The molecule has 10 heteroatoms. The number of carboxylic acids is 2. The van der Waals surface area contributed by atoms with Gasteiger partial charge in [-0.25, -0.2) is 9.59 Å². The van der Waals surface area contributed by atoms with E-state index in [-0.39, 0.29) is 17.7 Å². The first kappa shape index (κ1) is 18.5. The number of thioether (sulfide) groups is 1. The molecule has 1 unspecified atom stereocenters. The maximum absolute atomic E-state index is 12.3. The number of fused-ring (bicyclic) bond motifs is 1. The maximum Gasteiger partial charge on any atom is 0.353 e. The summed E-state index contributed by atoms with van der Waals surface area (Å²) in [7, 11) is 0. The van der Waals surface area contributed by atoms with E-state index in [9.17, 15) is 24.3 Å². The summed E-state index contributed by atoms with van der Waals surface area (Å²) >= 11 is 4.50. The molecule has 2 aliphatic rings. The molecule has 2 aliphatic heterocycles. The number of nitrogens with one attached hydrogen (secondary N) is 1. The van der Waals surface area contributed by atoms with Gasteiger partial charge in [0.1, 0.15) is 17.1 Å². The number of nitrogens with zero attached hydrogens (tertiary/aromatic N) is 1. The summed E-state index contributed by atoms with van der Waals surface area (Å²) in [4.78, 5) is 48.3. The number of amides is 2. The fourth-order valence-corrected chi connectivity index (χ4v) is 4.81. The van der Waals surface area contributed by atoms with E-state index in [4.69, 9.17) is 5.11 Å². The number of hydrogen-bond acceptors (Lipinski definition) is 5. The Morgan fingerprint density at radius 3 is 2.58 bits per heavy atom. The molecule has 1 aromatic rings. The lowest BCUT2D eigenvalue weighted by atomic mass is 10.0. The van der Waals surface area contributed by atoms with E-state index in [2.05, 4.69) is 21.2 Å². The Morgan fingerprint density at radius 2 is 1.92 bits per heavy atom. The number of benzene rings is 1. The summed E-state index contributed by atoms with van der Waals surface area (Å²) in [6.45, 7) is 0. The Hall–Kier alpha value is -2.33. The molecule has 3 N–H and O–H groups in total. The van der Waals surface area contributed by atoms with Gasteiger partial charge in [0.25, 0.3) is 5.91 Å². The predicted molar refractivity (Wildman–Crippen MR) is 95.7 cm³/mol. The summed E-state index contributed by atoms with van der Waals surface area (Å²) in [6, 6.07) is 5.30. The number of rotatable bonds is 5. The predicted octanol–water partition coefficient (Wildman–Crippen LogP) is 1.02. The summed E-state index contributed by atoms with van der Waals surface area (Å²) in [5, 5.41) is 20.5. The second kappa shape index (κ2) is 7.12. The molecule has 2 amide bonds. The monoisotopic (exact) mass is 440 g/mol. The summed E-state index contributed by atoms with van der Waals surface area (Å²) in [5.41, 5.74) is 0.253. The first-order valence-electron chi connectivity index (χ1n) is 7.48. The lowest BCUT2D eigenvalue weighted by molar-refractivity contribution is -0.150. The van der Waals surface area contributed by atoms with Crippen LogP contribution in [0.3, 0.4) is 0 Å². The first-order chi connectivity index (χ1) is 12.3. The minimum absolute atomic E-state index is 0.0243. The van der Waals surface area contributed by atoms with Crippen LogP contribution in [0.15, 0.2) is 34.4 Å². The van der Waals surface area contributed by atoms with Crippen molar-refractivity contribution in [3.05, 3.63) is 45.6 Å². The average molecular weight is 441 g/mol. The van der Waals surface area contributed by atoms with Crippen molar-refractivity contribution in [1.82, 2.24) is 10.2 Å². The van der Waals surface area contributed by atoms with Crippen molar-refractivity contribution in [3.8, 4) is 0 Å². The molecule has 0 aromatic heterocycles. The van der Waals surface area contributed by atoms with Gasteiger partial charge in [-0.05, 0) is 11.6 Å². The number of halogens is 1. The lowest BCUT2D eigenvalue weighted by Crippen LogP contribution is -2.70. The second-order valence-electron chi connectivity index (χ2n) is 5.65. The van der Waals surface area contributed by atoms with Gasteiger partial charge < -0.3 is 15.5 Å². The molecule has 2 heterocycles. The molecule has 0 spiro atoms. The van der Waals surface area contributed by atoms with Gasteiger partial charge in [0.05, 0.1) is 12.0 Å². The number of carbonyl (C=O) groups excluding carboxylic acids is 2. The van der Waals surface area contributed by atoms with Crippen LogP contribution in [-0.2, 0) is 20.8 Å². The van der Waals surface area contributed by atoms with Gasteiger partial charge in [-0.2, -0.15) is 0 Å². The average Bonchev–Trinajstić information content (AvgIpc) is 2.59. The minimum Gasteiger partial charge on any atom is -0.478 e. The largest absolute Gasteiger partial charge is 0.478 e. The molecule has 0 aliphatic carbocycles. The van der Waals surface area contributed by atoms with Gasteiger partial charge in [0, 0.05) is 10.2 Å². The van der Waals surface area contributed by atoms with Gasteiger partial charge in [0.15, 0.2) is 0 Å². The number of carbonyl (C=O) groups is 4. The second-order valence-corrected chi connectivity index (χ2v) is 7.71. The van der Waals surface area contributed by atoms with E-state index in [0.29, 0.717) is 15.8 Å². The highest BCUT2D eigenvalue weighted by molar-refractivity contribution is 9.11. The van der Waals surface area contributed by atoms with Crippen LogP contribution >= 0.6 is 27.7 Å². The van der Waals surface area contributed by atoms with E-state index in [1.807, 2.05) is 0 Å². The highest BCUT2D eigenvalue weighted by Gasteiger charge is 2.54. The van der Waals surface area contributed by atoms with Crippen molar-refractivity contribution in [2.45, 2.75) is 17.8 Å². The first-order valence-corrected chi connectivity index (χ1v) is 9.32. The van der Waals surface area contributed by atoms with Crippen LogP contribution in [0.1, 0.15) is 15.9 Å². The third-order valence-corrected chi connectivity index (χ3v) is 6.35. The fourth-order valence-electron chi connectivity index (χ4n) is 2.86. The zero-order valence-corrected chi connectivity index (χ0v) is 15.5. The highest BCUT2D eigenvalue weighted by atomic mass is 79.9. The highest BCUT2D eigenvalue weighted by Crippen LogP contribution is 2.41. The number of aliphatic carboxylic acids is 1. The third kappa shape index (κ3) is 3.21. The van der Waals surface area contributed by atoms with Crippen molar-refractivity contribution in [1.29, 1.82) is 0 Å². The van der Waals surface area contributed by atoms with Crippen LogP contribution in [-0.4, -0.2) is 56.0 Å². The van der Waals surface area contributed by atoms with Gasteiger partial charge >= 0.3 is 11.9 Å².